The van der Waals surface area contributed by atoms with E-state index in [1.165, 1.54) is 12.1 Å². The highest BCUT2D eigenvalue weighted by Gasteiger charge is 2.10. The predicted octanol–water partition coefficient (Wildman–Crippen LogP) is 5.43. The number of hydrogen-bond donors (Lipinski definition) is 1. The SMILES string of the molecule is Oc1cc(Cl)c(OCc2cccc3ccccc23)c(Cl)c1. The Morgan fingerprint density at radius 3 is 2.33 bits per heavy atom. The molecule has 2 nitrogen and oxygen atoms in total. The van der Waals surface area contributed by atoms with Crippen LogP contribution in [0.25, 0.3) is 10.8 Å². The van der Waals surface area contributed by atoms with Crippen molar-refractivity contribution in [2.75, 3.05) is 0 Å². The molecule has 0 saturated carbocycles. The molecule has 0 amide bonds. The Labute approximate surface area is 132 Å². The highest BCUT2D eigenvalue weighted by Crippen LogP contribution is 2.37. The summed E-state index contributed by atoms with van der Waals surface area (Å²) in [6.45, 7) is 0.353. The molecule has 0 atom stereocenters. The predicted molar refractivity (Wildman–Crippen MR) is 86.4 cm³/mol. The molecule has 0 bridgehead atoms. The van der Waals surface area contributed by atoms with Gasteiger partial charge in [0, 0.05) is 12.1 Å². The summed E-state index contributed by atoms with van der Waals surface area (Å²) in [5.74, 6) is 0.395. The molecule has 3 aromatic rings. The molecule has 0 aliphatic carbocycles. The first-order valence-electron chi connectivity index (χ1n) is 6.42. The van der Waals surface area contributed by atoms with Crippen LogP contribution in [0.5, 0.6) is 11.5 Å². The second-order valence-corrected chi connectivity index (χ2v) is 5.48. The molecule has 4 heteroatoms. The summed E-state index contributed by atoms with van der Waals surface area (Å²) in [4.78, 5) is 0. The Morgan fingerprint density at radius 1 is 0.905 bits per heavy atom. The van der Waals surface area contributed by atoms with Crippen LogP contribution in [-0.4, -0.2) is 5.11 Å². The van der Waals surface area contributed by atoms with Gasteiger partial charge in [0.25, 0.3) is 0 Å². The van der Waals surface area contributed by atoms with Crippen LogP contribution in [-0.2, 0) is 6.61 Å². The molecule has 0 saturated heterocycles. The fourth-order valence-electron chi connectivity index (χ4n) is 2.25. The van der Waals surface area contributed by atoms with Gasteiger partial charge in [-0.1, -0.05) is 65.7 Å². The topological polar surface area (TPSA) is 29.5 Å². The lowest BCUT2D eigenvalue weighted by molar-refractivity contribution is 0.307. The van der Waals surface area contributed by atoms with Crippen molar-refractivity contribution >= 4 is 34.0 Å². The van der Waals surface area contributed by atoms with Crippen molar-refractivity contribution in [3.8, 4) is 11.5 Å². The molecule has 0 spiro atoms. The van der Waals surface area contributed by atoms with Gasteiger partial charge in [-0.15, -0.1) is 0 Å². The number of hydrogen-bond acceptors (Lipinski definition) is 2. The molecule has 3 aromatic carbocycles. The molecular formula is C17H12Cl2O2. The number of phenolic OH excluding ortho intramolecular Hbond substituents is 1. The second-order valence-electron chi connectivity index (χ2n) is 4.67. The molecule has 106 valence electrons. The molecule has 0 fully saturated rings. The van der Waals surface area contributed by atoms with Crippen LogP contribution in [0.4, 0.5) is 0 Å². The Hall–Kier alpha value is -1.90. The van der Waals surface area contributed by atoms with Gasteiger partial charge >= 0.3 is 0 Å². The zero-order valence-corrected chi connectivity index (χ0v) is 12.5. The summed E-state index contributed by atoms with van der Waals surface area (Å²) in [7, 11) is 0. The first-order valence-corrected chi connectivity index (χ1v) is 7.18. The molecule has 1 N–H and O–H groups in total. The van der Waals surface area contributed by atoms with E-state index in [1.807, 2.05) is 30.3 Å². The molecule has 0 aliphatic rings. The molecule has 0 unspecified atom stereocenters. The van der Waals surface area contributed by atoms with E-state index in [4.69, 9.17) is 27.9 Å². The quantitative estimate of drug-likeness (QED) is 0.697. The number of rotatable bonds is 3. The van der Waals surface area contributed by atoms with E-state index in [9.17, 15) is 5.11 Å². The van der Waals surface area contributed by atoms with Crippen molar-refractivity contribution in [3.63, 3.8) is 0 Å². The van der Waals surface area contributed by atoms with Crippen molar-refractivity contribution in [2.45, 2.75) is 6.61 Å². The van der Waals surface area contributed by atoms with Crippen molar-refractivity contribution < 1.29 is 9.84 Å². The molecule has 21 heavy (non-hydrogen) atoms. The van der Waals surface area contributed by atoms with Gasteiger partial charge in [0.15, 0.2) is 5.75 Å². The van der Waals surface area contributed by atoms with Gasteiger partial charge in [-0.25, -0.2) is 0 Å². The highest BCUT2D eigenvalue weighted by molar-refractivity contribution is 6.37. The average molecular weight is 319 g/mol. The summed E-state index contributed by atoms with van der Waals surface area (Å²) < 4.78 is 5.74. The van der Waals surface area contributed by atoms with Crippen molar-refractivity contribution in [3.05, 3.63) is 70.2 Å². The number of fused-ring (bicyclic) bond motifs is 1. The van der Waals surface area contributed by atoms with E-state index >= 15 is 0 Å². The third-order valence-electron chi connectivity index (χ3n) is 3.23. The Balaban J connectivity index is 1.91. The Kier molecular flexibility index (Phi) is 3.91. The van der Waals surface area contributed by atoms with Crippen LogP contribution in [0.1, 0.15) is 5.56 Å². The van der Waals surface area contributed by atoms with Crippen LogP contribution in [0, 0.1) is 0 Å². The standard InChI is InChI=1S/C17H12Cl2O2/c18-15-8-13(20)9-16(19)17(15)21-10-12-6-3-5-11-4-1-2-7-14(11)12/h1-9,20H,10H2. The zero-order chi connectivity index (χ0) is 14.8. The Bertz CT molecular complexity index is 771. The molecule has 0 radical (unpaired) electrons. The van der Waals surface area contributed by atoms with Crippen molar-refractivity contribution in [1.82, 2.24) is 0 Å². The van der Waals surface area contributed by atoms with E-state index in [2.05, 4.69) is 12.1 Å². The summed E-state index contributed by atoms with van der Waals surface area (Å²) >= 11 is 12.1. The molecule has 3 rings (SSSR count). The van der Waals surface area contributed by atoms with Gasteiger partial charge < -0.3 is 9.84 Å². The fraction of sp³-hybridized carbons (Fsp3) is 0.0588. The van der Waals surface area contributed by atoms with Gasteiger partial charge in [-0.3, -0.25) is 0 Å². The van der Waals surface area contributed by atoms with Gasteiger partial charge in [0.2, 0.25) is 0 Å². The minimum Gasteiger partial charge on any atom is -0.508 e. The van der Waals surface area contributed by atoms with Crippen LogP contribution in [0.2, 0.25) is 10.0 Å². The fourth-order valence-corrected chi connectivity index (χ4v) is 2.84. The molecule has 0 aromatic heterocycles. The van der Waals surface area contributed by atoms with Gasteiger partial charge in [-0.2, -0.15) is 0 Å². The number of phenols is 1. The van der Waals surface area contributed by atoms with Crippen molar-refractivity contribution in [1.29, 1.82) is 0 Å². The van der Waals surface area contributed by atoms with Crippen molar-refractivity contribution in [2.24, 2.45) is 0 Å². The molecule has 0 heterocycles. The van der Waals surface area contributed by atoms with E-state index in [-0.39, 0.29) is 5.75 Å². The maximum absolute atomic E-state index is 9.42. The average Bonchev–Trinajstić information content (AvgIpc) is 2.46. The smallest absolute Gasteiger partial charge is 0.157 e. The number of halogens is 2. The summed E-state index contributed by atoms with van der Waals surface area (Å²) in [6.07, 6.45) is 0. The maximum Gasteiger partial charge on any atom is 0.157 e. The van der Waals surface area contributed by atoms with Crippen LogP contribution < -0.4 is 4.74 Å². The zero-order valence-electron chi connectivity index (χ0n) is 11.0. The Morgan fingerprint density at radius 2 is 1.57 bits per heavy atom. The van der Waals surface area contributed by atoms with E-state index in [0.29, 0.717) is 22.4 Å². The highest BCUT2D eigenvalue weighted by atomic mass is 35.5. The minimum atomic E-state index is 0.0162. The normalized spacial score (nSPS) is 10.8. The van der Waals surface area contributed by atoms with Crippen LogP contribution >= 0.6 is 23.2 Å². The second kappa shape index (κ2) is 5.84. The third-order valence-corrected chi connectivity index (χ3v) is 3.80. The lowest BCUT2D eigenvalue weighted by Gasteiger charge is -2.12. The van der Waals surface area contributed by atoms with E-state index in [1.54, 1.807) is 0 Å². The summed E-state index contributed by atoms with van der Waals surface area (Å²) in [6, 6.07) is 17.0. The lowest BCUT2D eigenvalue weighted by atomic mass is 10.1. The van der Waals surface area contributed by atoms with E-state index < -0.39 is 0 Å². The summed E-state index contributed by atoms with van der Waals surface area (Å²) in [5, 5.41) is 12.3. The molecule has 0 aliphatic heterocycles. The minimum absolute atomic E-state index is 0.0162. The van der Waals surface area contributed by atoms with Gasteiger partial charge in [-0.05, 0) is 16.3 Å². The van der Waals surface area contributed by atoms with E-state index in [0.717, 1.165) is 16.3 Å². The third kappa shape index (κ3) is 2.92. The first-order chi connectivity index (χ1) is 10.1. The number of ether oxygens (including phenoxy) is 1. The summed E-state index contributed by atoms with van der Waals surface area (Å²) in [5.41, 5.74) is 1.05. The molecular weight excluding hydrogens is 307 g/mol. The maximum atomic E-state index is 9.42. The number of benzene rings is 3. The monoisotopic (exact) mass is 318 g/mol. The van der Waals surface area contributed by atoms with Crippen LogP contribution in [0.3, 0.4) is 0 Å². The van der Waals surface area contributed by atoms with Gasteiger partial charge in [0.1, 0.15) is 12.4 Å². The number of aromatic hydroxyl groups is 1. The lowest BCUT2D eigenvalue weighted by Crippen LogP contribution is -1.97. The first kappa shape index (κ1) is 14.1. The van der Waals surface area contributed by atoms with Crippen LogP contribution in [0.15, 0.2) is 54.6 Å². The largest absolute Gasteiger partial charge is 0.508 e. The van der Waals surface area contributed by atoms with Gasteiger partial charge in [0.05, 0.1) is 10.0 Å².